The lowest BCUT2D eigenvalue weighted by atomic mass is 10.1. The molecule has 0 fully saturated rings. The van der Waals surface area contributed by atoms with Gasteiger partial charge in [-0.1, -0.05) is 0 Å². The van der Waals surface area contributed by atoms with Gasteiger partial charge in [0.25, 0.3) is 0 Å². The highest BCUT2D eigenvalue weighted by atomic mass is 19.1. The van der Waals surface area contributed by atoms with E-state index in [2.05, 4.69) is 0 Å². The molecule has 0 aliphatic rings. The molecule has 0 aromatic heterocycles. The Labute approximate surface area is 95.5 Å². The molecule has 0 saturated heterocycles. The van der Waals surface area contributed by atoms with Crippen molar-refractivity contribution in [3.05, 3.63) is 29.6 Å². The van der Waals surface area contributed by atoms with Crippen LogP contribution in [0.1, 0.15) is 12.0 Å². The quantitative estimate of drug-likeness (QED) is 0.752. The van der Waals surface area contributed by atoms with E-state index in [1.165, 1.54) is 12.1 Å². The third kappa shape index (κ3) is 3.47. The van der Waals surface area contributed by atoms with Crippen molar-refractivity contribution in [1.82, 2.24) is 0 Å². The second-order valence-electron chi connectivity index (χ2n) is 3.70. The van der Waals surface area contributed by atoms with E-state index >= 15 is 0 Å². The zero-order valence-corrected chi connectivity index (χ0v) is 9.74. The molecule has 1 aromatic carbocycles. The maximum absolute atomic E-state index is 13.0. The van der Waals surface area contributed by atoms with Crippen LogP contribution in [0.25, 0.3) is 0 Å². The minimum absolute atomic E-state index is 0.151. The van der Waals surface area contributed by atoms with Crippen molar-refractivity contribution in [1.29, 1.82) is 0 Å². The Bertz CT molecular complexity index is 331. The average molecular weight is 227 g/mol. The number of benzene rings is 1. The second-order valence-corrected chi connectivity index (χ2v) is 3.70. The SMILES string of the molecule is COCCCN(C)c1ccc(F)cc1CO. The molecule has 0 saturated carbocycles. The van der Waals surface area contributed by atoms with Gasteiger partial charge in [-0.3, -0.25) is 0 Å². The van der Waals surface area contributed by atoms with Crippen molar-refractivity contribution in [3.63, 3.8) is 0 Å². The number of methoxy groups -OCH3 is 1. The van der Waals surface area contributed by atoms with Crippen molar-refractivity contribution < 1.29 is 14.2 Å². The van der Waals surface area contributed by atoms with Crippen LogP contribution in [-0.4, -0.2) is 32.4 Å². The first kappa shape index (κ1) is 12.9. The first-order valence-corrected chi connectivity index (χ1v) is 5.28. The maximum Gasteiger partial charge on any atom is 0.123 e. The molecule has 1 aromatic rings. The van der Waals surface area contributed by atoms with Crippen molar-refractivity contribution in [2.75, 3.05) is 32.2 Å². The molecule has 1 rings (SSSR count). The van der Waals surface area contributed by atoms with E-state index in [1.807, 2.05) is 11.9 Å². The van der Waals surface area contributed by atoms with Gasteiger partial charge in [-0.15, -0.1) is 0 Å². The van der Waals surface area contributed by atoms with Gasteiger partial charge in [0.2, 0.25) is 0 Å². The van der Waals surface area contributed by atoms with E-state index < -0.39 is 0 Å². The topological polar surface area (TPSA) is 32.7 Å². The monoisotopic (exact) mass is 227 g/mol. The van der Waals surface area contributed by atoms with E-state index in [1.54, 1.807) is 13.2 Å². The third-order valence-electron chi connectivity index (χ3n) is 2.47. The van der Waals surface area contributed by atoms with Crippen LogP contribution in [0.4, 0.5) is 10.1 Å². The molecule has 90 valence electrons. The fraction of sp³-hybridized carbons (Fsp3) is 0.500. The Morgan fingerprint density at radius 3 is 2.81 bits per heavy atom. The zero-order valence-electron chi connectivity index (χ0n) is 9.74. The number of ether oxygens (including phenoxy) is 1. The summed E-state index contributed by atoms with van der Waals surface area (Å²) in [4.78, 5) is 1.99. The summed E-state index contributed by atoms with van der Waals surface area (Å²) in [5.74, 6) is -0.321. The number of halogens is 1. The molecular formula is C12H18FNO2. The van der Waals surface area contributed by atoms with Crippen molar-refractivity contribution >= 4 is 5.69 Å². The fourth-order valence-corrected chi connectivity index (χ4v) is 1.62. The van der Waals surface area contributed by atoms with Crippen LogP contribution in [0.2, 0.25) is 0 Å². The maximum atomic E-state index is 13.0. The molecule has 0 unspecified atom stereocenters. The summed E-state index contributed by atoms with van der Waals surface area (Å²) in [6.07, 6.45) is 0.898. The molecule has 4 heteroatoms. The molecule has 1 N–H and O–H groups in total. The molecule has 0 radical (unpaired) electrons. The first-order valence-electron chi connectivity index (χ1n) is 5.28. The number of anilines is 1. The van der Waals surface area contributed by atoms with Crippen LogP contribution in [-0.2, 0) is 11.3 Å². The first-order chi connectivity index (χ1) is 7.69. The molecule has 0 aliphatic heterocycles. The van der Waals surface area contributed by atoms with Crippen LogP contribution < -0.4 is 4.90 Å². The Morgan fingerprint density at radius 1 is 1.44 bits per heavy atom. The van der Waals surface area contributed by atoms with Gasteiger partial charge in [-0.2, -0.15) is 0 Å². The van der Waals surface area contributed by atoms with Gasteiger partial charge in [-0.05, 0) is 24.6 Å². The summed E-state index contributed by atoms with van der Waals surface area (Å²) in [7, 11) is 3.58. The van der Waals surface area contributed by atoms with E-state index in [4.69, 9.17) is 9.84 Å². The number of hydrogen-bond acceptors (Lipinski definition) is 3. The van der Waals surface area contributed by atoms with E-state index in [9.17, 15) is 4.39 Å². The Balaban J connectivity index is 2.70. The van der Waals surface area contributed by atoms with Crippen molar-refractivity contribution in [3.8, 4) is 0 Å². The summed E-state index contributed by atoms with van der Waals surface area (Å²) in [5, 5.41) is 9.15. The largest absolute Gasteiger partial charge is 0.392 e. The minimum Gasteiger partial charge on any atom is -0.392 e. The van der Waals surface area contributed by atoms with Gasteiger partial charge in [-0.25, -0.2) is 4.39 Å². The Morgan fingerprint density at radius 2 is 2.19 bits per heavy atom. The molecule has 0 aliphatic carbocycles. The van der Waals surface area contributed by atoms with Crippen LogP contribution in [0.15, 0.2) is 18.2 Å². The average Bonchev–Trinajstić information content (AvgIpc) is 2.29. The lowest BCUT2D eigenvalue weighted by Gasteiger charge is -2.21. The number of aliphatic hydroxyl groups excluding tert-OH is 1. The van der Waals surface area contributed by atoms with Crippen molar-refractivity contribution in [2.45, 2.75) is 13.0 Å². The Hall–Kier alpha value is -1.13. The minimum atomic E-state index is -0.321. The van der Waals surface area contributed by atoms with Crippen LogP contribution in [0.5, 0.6) is 0 Å². The normalized spacial score (nSPS) is 10.5. The predicted octanol–water partition coefficient (Wildman–Crippen LogP) is 1.79. The standard InChI is InChI=1S/C12H18FNO2/c1-14(6-3-7-16-2)12-5-4-11(13)8-10(12)9-15/h4-5,8,15H,3,6-7,9H2,1-2H3. The lowest BCUT2D eigenvalue weighted by molar-refractivity contribution is 0.196. The van der Waals surface area contributed by atoms with Gasteiger partial charge >= 0.3 is 0 Å². The molecule has 0 bridgehead atoms. The molecular weight excluding hydrogens is 209 g/mol. The highest BCUT2D eigenvalue weighted by molar-refractivity contribution is 5.52. The van der Waals surface area contributed by atoms with E-state index in [0.29, 0.717) is 12.2 Å². The molecule has 0 amide bonds. The number of hydrogen-bond donors (Lipinski definition) is 1. The number of nitrogens with zero attached hydrogens (tertiary/aromatic N) is 1. The Kier molecular flexibility index (Phi) is 5.22. The van der Waals surface area contributed by atoms with Crippen LogP contribution >= 0.6 is 0 Å². The summed E-state index contributed by atoms with van der Waals surface area (Å²) in [5.41, 5.74) is 1.47. The van der Waals surface area contributed by atoms with Gasteiger partial charge in [0, 0.05) is 38.6 Å². The van der Waals surface area contributed by atoms with Crippen LogP contribution in [0, 0.1) is 5.82 Å². The zero-order chi connectivity index (χ0) is 12.0. The highest BCUT2D eigenvalue weighted by Gasteiger charge is 2.07. The fourth-order valence-electron chi connectivity index (χ4n) is 1.62. The number of rotatable bonds is 6. The van der Waals surface area contributed by atoms with E-state index in [0.717, 1.165) is 18.7 Å². The van der Waals surface area contributed by atoms with Gasteiger partial charge < -0.3 is 14.7 Å². The molecule has 16 heavy (non-hydrogen) atoms. The molecule has 0 atom stereocenters. The summed E-state index contributed by atoms with van der Waals surface area (Å²) in [6.45, 7) is 1.36. The number of aliphatic hydroxyl groups is 1. The van der Waals surface area contributed by atoms with Gasteiger partial charge in [0.15, 0.2) is 0 Å². The third-order valence-corrected chi connectivity index (χ3v) is 2.47. The second kappa shape index (κ2) is 6.45. The smallest absolute Gasteiger partial charge is 0.123 e. The predicted molar refractivity (Wildman–Crippen MR) is 62.1 cm³/mol. The van der Waals surface area contributed by atoms with Crippen LogP contribution in [0.3, 0.4) is 0 Å². The summed E-state index contributed by atoms with van der Waals surface area (Å²) >= 11 is 0. The summed E-state index contributed by atoms with van der Waals surface area (Å²) < 4.78 is 17.9. The highest BCUT2D eigenvalue weighted by Crippen LogP contribution is 2.20. The molecule has 0 spiro atoms. The van der Waals surface area contributed by atoms with E-state index in [-0.39, 0.29) is 12.4 Å². The van der Waals surface area contributed by atoms with Gasteiger partial charge in [0.1, 0.15) is 5.82 Å². The van der Waals surface area contributed by atoms with Gasteiger partial charge in [0.05, 0.1) is 6.61 Å². The molecule has 3 nitrogen and oxygen atoms in total. The summed E-state index contributed by atoms with van der Waals surface area (Å²) in [6, 6.07) is 4.46. The molecule has 0 heterocycles. The van der Waals surface area contributed by atoms with Crippen molar-refractivity contribution in [2.24, 2.45) is 0 Å². The lowest BCUT2D eigenvalue weighted by Crippen LogP contribution is -2.21.